The number of hydrogen-bond donors (Lipinski definition) is 1. The van der Waals surface area contributed by atoms with Crippen LogP contribution in [0.1, 0.15) is 59.0 Å². The normalized spacial score (nSPS) is 24.9. The van der Waals surface area contributed by atoms with Crippen LogP contribution in [0.15, 0.2) is 4.42 Å². The average Bonchev–Trinajstić information content (AvgIpc) is 2.83. The highest BCUT2D eigenvalue weighted by atomic mass is 32.2. The second-order valence-electron chi connectivity index (χ2n) is 4.35. The van der Waals surface area contributed by atoms with Crippen molar-refractivity contribution >= 4 is 17.7 Å². The van der Waals surface area contributed by atoms with Crippen molar-refractivity contribution in [2.24, 2.45) is 0 Å². The maximum atomic E-state index is 11.1. The lowest BCUT2D eigenvalue weighted by Gasteiger charge is -2.03. The van der Waals surface area contributed by atoms with Crippen LogP contribution in [0.3, 0.4) is 0 Å². The zero-order valence-electron chi connectivity index (χ0n) is 8.81. The summed E-state index contributed by atoms with van der Waals surface area (Å²) in [6.07, 6.45) is 4.31. The highest BCUT2D eigenvalue weighted by Gasteiger charge is 2.34. The van der Waals surface area contributed by atoms with Crippen LogP contribution in [0.4, 0.5) is 0 Å². The molecular formula is C11H13NO3S. The van der Waals surface area contributed by atoms with Crippen molar-refractivity contribution < 1.29 is 14.3 Å². The van der Waals surface area contributed by atoms with Gasteiger partial charge in [0.05, 0.1) is 5.25 Å². The monoisotopic (exact) mass is 239 g/mol. The molecule has 1 aliphatic carbocycles. The van der Waals surface area contributed by atoms with Crippen LogP contribution in [0.5, 0.6) is 0 Å². The van der Waals surface area contributed by atoms with Crippen molar-refractivity contribution in [3.63, 3.8) is 0 Å². The zero-order chi connectivity index (χ0) is 11.1. The Morgan fingerprint density at radius 3 is 2.81 bits per heavy atom. The maximum absolute atomic E-state index is 11.1. The number of aromatic carboxylic acids is 1. The first-order valence-corrected chi connectivity index (χ1v) is 6.66. The summed E-state index contributed by atoms with van der Waals surface area (Å²) < 4.78 is 5.39. The summed E-state index contributed by atoms with van der Waals surface area (Å²) in [6.45, 7) is 0. The number of carbonyl (C=O) groups is 1. The number of thioether (sulfide) groups is 1. The Balaban J connectivity index is 1.96. The molecule has 86 valence electrons. The molecule has 0 radical (unpaired) electrons. The molecule has 0 bridgehead atoms. The third-order valence-corrected chi connectivity index (χ3v) is 4.41. The number of nitrogens with zero attached hydrogens (tertiary/aromatic N) is 1. The molecule has 1 saturated heterocycles. The molecule has 2 fully saturated rings. The smallest absolute Gasteiger partial charge is 0.373 e. The number of hydrogen-bond acceptors (Lipinski definition) is 4. The minimum absolute atomic E-state index is 0.0706. The van der Waals surface area contributed by atoms with Gasteiger partial charge in [-0.2, -0.15) is 11.8 Å². The summed E-state index contributed by atoms with van der Waals surface area (Å²) in [6, 6.07) is 0. The van der Waals surface area contributed by atoms with Gasteiger partial charge in [-0.15, -0.1) is 0 Å². The summed E-state index contributed by atoms with van der Waals surface area (Å²) >= 11 is 1.79. The summed E-state index contributed by atoms with van der Waals surface area (Å²) in [5, 5.41) is 9.32. The van der Waals surface area contributed by atoms with Gasteiger partial charge in [0.15, 0.2) is 5.89 Å². The first kappa shape index (κ1) is 10.2. The van der Waals surface area contributed by atoms with Gasteiger partial charge < -0.3 is 9.52 Å². The van der Waals surface area contributed by atoms with Gasteiger partial charge in [-0.1, -0.05) is 0 Å². The van der Waals surface area contributed by atoms with E-state index >= 15 is 0 Å². The molecule has 2 heterocycles. The first-order valence-electron chi connectivity index (χ1n) is 5.61. The van der Waals surface area contributed by atoms with Gasteiger partial charge in [-0.25, -0.2) is 9.78 Å². The lowest BCUT2D eigenvalue weighted by molar-refractivity contribution is 0.0658. The van der Waals surface area contributed by atoms with Crippen LogP contribution in [0, 0.1) is 0 Å². The van der Waals surface area contributed by atoms with E-state index in [0.29, 0.717) is 17.5 Å². The molecule has 16 heavy (non-hydrogen) atoms. The Morgan fingerprint density at radius 2 is 2.25 bits per heavy atom. The molecule has 1 unspecified atom stereocenters. The van der Waals surface area contributed by atoms with Crippen LogP contribution < -0.4 is 0 Å². The molecule has 4 nitrogen and oxygen atoms in total. The number of rotatable bonds is 3. The molecule has 1 aliphatic heterocycles. The Bertz CT molecular complexity index is 419. The van der Waals surface area contributed by atoms with E-state index in [1.54, 1.807) is 11.8 Å². The average molecular weight is 239 g/mol. The van der Waals surface area contributed by atoms with E-state index in [1.165, 1.54) is 0 Å². The van der Waals surface area contributed by atoms with Gasteiger partial charge in [-0.3, -0.25) is 0 Å². The number of carboxylic acids is 1. The van der Waals surface area contributed by atoms with Crippen molar-refractivity contribution in [2.75, 3.05) is 5.75 Å². The molecule has 0 aromatic carbocycles. The quantitative estimate of drug-likeness (QED) is 0.878. The van der Waals surface area contributed by atoms with E-state index in [2.05, 4.69) is 4.98 Å². The molecule has 5 heteroatoms. The van der Waals surface area contributed by atoms with Crippen LogP contribution in [0.25, 0.3) is 0 Å². The van der Waals surface area contributed by atoms with Crippen molar-refractivity contribution in [2.45, 2.75) is 36.9 Å². The van der Waals surface area contributed by atoms with E-state index in [0.717, 1.165) is 31.4 Å². The van der Waals surface area contributed by atoms with Gasteiger partial charge in [0, 0.05) is 5.92 Å². The molecule has 1 atom stereocenters. The standard InChI is InChI=1S/C11H13NO3S/c13-11(14)9-8(7-2-1-5-16-7)12-10(15-9)6-3-4-6/h6-7H,1-5H2,(H,13,14). The van der Waals surface area contributed by atoms with Crippen molar-refractivity contribution in [1.82, 2.24) is 4.98 Å². The minimum atomic E-state index is -0.984. The Kier molecular flexibility index (Phi) is 2.42. The van der Waals surface area contributed by atoms with Crippen LogP contribution >= 0.6 is 11.8 Å². The lowest BCUT2D eigenvalue weighted by Crippen LogP contribution is -2.01. The minimum Gasteiger partial charge on any atom is -0.475 e. The van der Waals surface area contributed by atoms with Crippen LogP contribution in [0.2, 0.25) is 0 Å². The number of aromatic nitrogens is 1. The summed E-state index contributed by atoms with van der Waals surface area (Å²) in [5.74, 6) is 1.19. The molecule has 1 aromatic rings. The van der Waals surface area contributed by atoms with Gasteiger partial charge in [0.25, 0.3) is 0 Å². The fourth-order valence-electron chi connectivity index (χ4n) is 2.02. The zero-order valence-corrected chi connectivity index (χ0v) is 9.63. The molecular weight excluding hydrogens is 226 g/mol. The predicted molar refractivity (Wildman–Crippen MR) is 59.9 cm³/mol. The number of carboxylic acid groups (broad SMARTS) is 1. The highest BCUT2D eigenvalue weighted by Crippen LogP contribution is 2.45. The lowest BCUT2D eigenvalue weighted by atomic mass is 10.2. The van der Waals surface area contributed by atoms with E-state index < -0.39 is 5.97 Å². The van der Waals surface area contributed by atoms with Gasteiger partial charge in [-0.05, 0) is 31.4 Å². The van der Waals surface area contributed by atoms with Crippen LogP contribution in [-0.2, 0) is 0 Å². The van der Waals surface area contributed by atoms with Crippen molar-refractivity contribution in [3.05, 3.63) is 17.3 Å². The SMILES string of the molecule is O=C(O)c1oc(C2CC2)nc1C1CCCS1. The van der Waals surface area contributed by atoms with Crippen LogP contribution in [-0.4, -0.2) is 21.8 Å². The summed E-state index contributed by atoms with van der Waals surface area (Å²) in [7, 11) is 0. The molecule has 1 saturated carbocycles. The molecule has 0 spiro atoms. The van der Waals surface area contributed by atoms with E-state index in [9.17, 15) is 4.79 Å². The summed E-state index contributed by atoms with van der Waals surface area (Å²) in [4.78, 5) is 15.5. The van der Waals surface area contributed by atoms with E-state index in [4.69, 9.17) is 9.52 Å². The van der Waals surface area contributed by atoms with E-state index in [-0.39, 0.29) is 11.0 Å². The van der Waals surface area contributed by atoms with Crippen molar-refractivity contribution in [3.8, 4) is 0 Å². The summed E-state index contributed by atoms with van der Waals surface area (Å²) in [5.41, 5.74) is 0.664. The molecule has 1 N–H and O–H groups in total. The van der Waals surface area contributed by atoms with Gasteiger partial charge in [0.1, 0.15) is 5.69 Å². The fraction of sp³-hybridized carbons (Fsp3) is 0.636. The maximum Gasteiger partial charge on any atom is 0.373 e. The second-order valence-corrected chi connectivity index (χ2v) is 5.66. The Labute approximate surface area is 97.4 Å². The fourth-order valence-corrected chi connectivity index (χ4v) is 3.29. The molecule has 3 rings (SSSR count). The largest absolute Gasteiger partial charge is 0.475 e. The van der Waals surface area contributed by atoms with Crippen molar-refractivity contribution in [1.29, 1.82) is 0 Å². The Morgan fingerprint density at radius 1 is 1.44 bits per heavy atom. The molecule has 1 aromatic heterocycles. The van der Waals surface area contributed by atoms with Gasteiger partial charge in [0.2, 0.25) is 5.76 Å². The topological polar surface area (TPSA) is 63.3 Å². The van der Waals surface area contributed by atoms with E-state index in [1.807, 2.05) is 0 Å². The number of oxazole rings is 1. The molecule has 2 aliphatic rings. The third-order valence-electron chi connectivity index (χ3n) is 3.03. The highest BCUT2D eigenvalue weighted by molar-refractivity contribution is 7.99. The third kappa shape index (κ3) is 1.73. The predicted octanol–water partition coefficient (Wildman–Crippen LogP) is 2.82. The molecule has 0 amide bonds. The first-order chi connectivity index (χ1) is 7.75. The Hall–Kier alpha value is -0.970. The second kappa shape index (κ2) is 3.80. The van der Waals surface area contributed by atoms with Gasteiger partial charge >= 0.3 is 5.97 Å².